The van der Waals surface area contributed by atoms with Crippen molar-refractivity contribution in [3.05, 3.63) is 67.4 Å². The summed E-state index contributed by atoms with van der Waals surface area (Å²) < 4.78 is 28.8. The third-order valence-corrected chi connectivity index (χ3v) is 4.49. The summed E-state index contributed by atoms with van der Waals surface area (Å²) in [6, 6.07) is 16.7. The number of hydrogen-bond donors (Lipinski definition) is 0. The minimum absolute atomic E-state index is 0. The van der Waals surface area contributed by atoms with Crippen molar-refractivity contribution < 1.29 is 12.6 Å². The van der Waals surface area contributed by atoms with E-state index in [0.29, 0.717) is 5.39 Å². The second-order valence-corrected chi connectivity index (χ2v) is 5.90. The van der Waals surface area contributed by atoms with Crippen LogP contribution in [0.25, 0.3) is 21.5 Å². The fourth-order valence-electron chi connectivity index (χ4n) is 2.37. The van der Waals surface area contributed by atoms with Crippen LogP contribution in [0.1, 0.15) is 0 Å². The average Bonchev–Trinajstić information content (AvgIpc) is 2.46. The molecule has 3 nitrogen and oxygen atoms in total. The zero-order chi connectivity index (χ0) is 14.2. The summed E-state index contributed by atoms with van der Waals surface area (Å²) in [4.78, 5) is 0.153. The fourth-order valence-corrected chi connectivity index (χ4v) is 3.35. The minimum Gasteiger partial charge on any atom is -0.388 e. The largest absolute Gasteiger partial charge is 0.388 e. The first-order valence-electron chi connectivity index (χ1n) is 6.08. The van der Waals surface area contributed by atoms with E-state index in [1.54, 1.807) is 12.1 Å². The van der Waals surface area contributed by atoms with Gasteiger partial charge in [-0.15, -0.1) is 0 Å². The Hall–Kier alpha value is -1.33. The molecule has 0 spiro atoms. The molecule has 0 fully saturated rings. The molecule has 0 N–H and O–H groups in total. The van der Waals surface area contributed by atoms with Gasteiger partial charge >= 0.3 is 10.1 Å². The first-order chi connectivity index (χ1) is 9.63. The SMILES string of the molecule is C=COS(=O)(=O)c1cccc2c1ccc1ccccc12.[Na]. The van der Waals surface area contributed by atoms with Crippen LogP contribution in [0, 0.1) is 0 Å². The quantitative estimate of drug-likeness (QED) is 0.322. The molecule has 0 saturated carbocycles. The van der Waals surface area contributed by atoms with Crippen LogP contribution in [0.15, 0.2) is 72.3 Å². The summed E-state index contributed by atoms with van der Waals surface area (Å²) in [7, 11) is -3.82. The molecular weight excluding hydrogens is 295 g/mol. The second kappa shape index (κ2) is 6.20. The monoisotopic (exact) mass is 307 g/mol. The Kier molecular flexibility index (Phi) is 4.74. The van der Waals surface area contributed by atoms with Gasteiger partial charge in [0, 0.05) is 34.9 Å². The standard InChI is InChI=1S/C16H12O3S.Na/c1-2-19-20(17,18)16-9-5-8-14-13-7-4-3-6-12(13)10-11-15(14)16;/h2-11H,1H2;. The van der Waals surface area contributed by atoms with E-state index < -0.39 is 10.1 Å². The number of rotatable bonds is 3. The van der Waals surface area contributed by atoms with Gasteiger partial charge in [0.05, 0.1) is 6.26 Å². The minimum atomic E-state index is -3.82. The van der Waals surface area contributed by atoms with Gasteiger partial charge in [0.1, 0.15) is 4.90 Å². The summed E-state index contributed by atoms with van der Waals surface area (Å²) in [5.74, 6) is 0. The molecule has 3 aromatic carbocycles. The van der Waals surface area contributed by atoms with E-state index in [9.17, 15) is 8.42 Å². The first-order valence-corrected chi connectivity index (χ1v) is 7.49. The summed E-state index contributed by atoms with van der Waals surface area (Å²) in [5.41, 5.74) is 0. The molecule has 0 saturated heterocycles. The molecule has 0 heterocycles. The zero-order valence-electron chi connectivity index (χ0n) is 11.6. The van der Waals surface area contributed by atoms with Crippen molar-refractivity contribution in [1.82, 2.24) is 0 Å². The topological polar surface area (TPSA) is 43.4 Å². The van der Waals surface area contributed by atoms with Crippen molar-refractivity contribution in [1.29, 1.82) is 0 Å². The Morgan fingerprint density at radius 2 is 1.57 bits per heavy atom. The van der Waals surface area contributed by atoms with Crippen molar-refractivity contribution in [3.8, 4) is 0 Å². The molecule has 0 aliphatic rings. The van der Waals surface area contributed by atoms with Gasteiger partial charge in [-0.2, -0.15) is 8.42 Å². The van der Waals surface area contributed by atoms with Gasteiger partial charge in [-0.05, 0) is 22.2 Å². The predicted octanol–water partition coefficient (Wildman–Crippen LogP) is 3.46. The molecule has 3 aromatic rings. The van der Waals surface area contributed by atoms with E-state index in [1.165, 1.54) is 6.07 Å². The van der Waals surface area contributed by atoms with Crippen LogP contribution in [-0.2, 0) is 14.3 Å². The number of fused-ring (bicyclic) bond motifs is 3. The molecular formula is C16H12NaO3S. The molecule has 0 bridgehead atoms. The Bertz CT molecular complexity index is 917. The maximum atomic E-state index is 12.1. The van der Waals surface area contributed by atoms with Gasteiger partial charge in [0.2, 0.25) is 0 Å². The Labute approximate surface area is 145 Å². The smallest absolute Gasteiger partial charge is 0.339 e. The van der Waals surface area contributed by atoms with Gasteiger partial charge in [-0.25, -0.2) is 0 Å². The molecule has 3 rings (SSSR count). The first kappa shape index (κ1) is 16.0. The van der Waals surface area contributed by atoms with Crippen molar-refractivity contribution in [2.75, 3.05) is 0 Å². The molecule has 0 aromatic heterocycles. The summed E-state index contributed by atoms with van der Waals surface area (Å²) >= 11 is 0. The Morgan fingerprint density at radius 3 is 2.33 bits per heavy atom. The van der Waals surface area contributed by atoms with Gasteiger partial charge < -0.3 is 4.18 Å². The maximum Gasteiger partial charge on any atom is 0.339 e. The fraction of sp³-hybridized carbons (Fsp3) is 0. The van der Waals surface area contributed by atoms with Crippen LogP contribution in [0.3, 0.4) is 0 Å². The van der Waals surface area contributed by atoms with Gasteiger partial charge in [-0.1, -0.05) is 55.1 Å². The normalized spacial score (nSPS) is 11.0. The van der Waals surface area contributed by atoms with E-state index in [0.717, 1.165) is 22.4 Å². The van der Waals surface area contributed by atoms with Crippen molar-refractivity contribution in [2.24, 2.45) is 0 Å². The Balaban J connectivity index is 0.00000161. The van der Waals surface area contributed by atoms with Crippen LogP contribution >= 0.6 is 0 Å². The molecule has 5 heteroatoms. The van der Waals surface area contributed by atoms with E-state index in [1.807, 2.05) is 36.4 Å². The van der Waals surface area contributed by atoms with Crippen LogP contribution in [-0.4, -0.2) is 38.0 Å². The van der Waals surface area contributed by atoms with Gasteiger partial charge in [-0.3, -0.25) is 0 Å². The van der Waals surface area contributed by atoms with E-state index in [4.69, 9.17) is 0 Å². The summed E-state index contributed by atoms with van der Waals surface area (Å²) in [6.45, 7) is 3.30. The van der Waals surface area contributed by atoms with E-state index >= 15 is 0 Å². The predicted molar refractivity (Wildman–Crippen MR) is 85.7 cm³/mol. The van der Waals surface area contributed by atoms with Crippen LogP contribution in [0.4, 0.5) is 0 Å². The van der Waals surface area contributed by atoms with Crippen LogP contribution < -0.4 is 0 Å². The number of benzene rings is 3. The molecule has 0 amide bonds. The zero-order valence-corrected chi connectivity index (χ0v) is 14.4. The molecule has 0 unspecified atom stereocenters. The molecule has 21 heavy (non-hydrogen) atoms. The van der Waals surface area contributed by atoms with Crippen molar-refractivity contribution in [2.45, 2.75) is 4.90 Å². The van der Waals surface area contributed by atoms with Gasteiger partial charge in [0.15, 0.2) is 0 Å². The van der Waals surface area contributed by atoms with Crippen LogP contribution in [0.5, 0.6) is 0 Å². The number of hydrogen-bond acceptors (Lipinski definition) is 3. The molecule has 101 valence electrons. The van der Waals surface area contributed by atoms with Crippen molar-refractivity contribution >= 4 is 61.2 Å². The maximum absolute atomic E-state index is 12.1. The van der Waals surface area contributed by atoms with Crippen LogP contribution in [0.2, 0.25) is 0 Å². The molecule has 0 aliphatic heterocycles. The third-order valence-electron chi connectivity index (χ3n) is 3.21. The average molecular weight is 307 g/mol. The molecule has 0 atom stereocenters. The summed E-state index contributed by atoms with van der Waals surface area (Å²) in [5, 5.41) is 3.62. The third kappa shape index (κ3) is 2.85. The van der Waals surface area contributed by atoms with E-state index in [-0.39, 0.29) is 34.5 Å². The van der Waals surface area contributed by atoms with E-state index in [2.05, 4.69) is 10.8 Å². The molecule has 0 aliphatic carbocycles. The van der Waals surface area contributed by atoms with Crippen molar-refractivity contribution in [3.63, 3.8) is 0 Å². The summed E-state index contributed by atoms with van der Waals surface area (Å²) in [6.07, 6.45) is 0.926. The second-order valence-electron chi connectivity index (χ2n) is 4.35. The molecule has 1 radical (unpaired) electrons. The van der Waals surface area contributed by atoms with Gasteiger partial charge in [0.25, 0.3) is 0 Å². The Morgan fingerprint density at radius 1 is 0.857 bits per heavy atom.